The van der Waals surface area contributed by atoms with Gasteiger partial charge in [0.1, 0.15) is 29.7 Å². The highest BCUT2D eigenvalue weighted by atomic mass is 127. The molecule has 1 rings (SSSR count). The number of anilines is 1. The average molecular weight is 364 g/mol. The van der Waals surface area contributed by atoms with Crippen molar-refractivity contribution in [3.8, 4) is 24.0 Å². The maximum Gasteiger partial charge on any atom is 0.163 e. The van der Waals surface area contributed by atoms with Crippen molar-refractivity contribution in [2.75, 3.05) is 11.9 Å². The Morgan fingerprint density at radius 1 is 1.26 bits per heavy atom. The van der Waals surface area contributed by atoms with Crippen LogP contribution in [-0.4, -0.2) is 6.61 Å². The highest BCUT2D eigenvalue weighted by molar-refractivity contribution is 14.1. The van der Waals surface area contributed by atoms with Gasteiger partial charge in [-0.1, -0.05) is 0 Å². The summed E-state index contributed by atoms with van der Waals surface area (Å²) in [5.41, 5.74) is 0.199. The second-order valence-corrected chi connectivity index (χ2v) is 4.53. The summed E-state index contributed by atoms with van der Waals surface area (Å²) in [7, 11) is 0. The number of nitrogens with one attached hydrogen (secondary N) is 1. The lowest BCUT2D eigenvalue weighted by molar-refractivity contribution is 0.342. The molecule has 0 heterocycles. The van der Waals surface area contributed by atoms with Crippen LogP contribution in [0, 0.1) is 37.6 Å². The van der Waals surface area contributed by atoms with Crippen molar-refractivity contribution in [1.29, 1.82) is 15.8 Å². The Hall–Kier alpha value is -2.24. The molecule has 19 heavy (non-hydrogen) atoms. The largest absolute Gasteiger partial charge is 0.492 e. The molecule has 6 heteroatoms. The second-order valence-electron chi connectivity index (χ2n) is 3.28. The first-order valence-corrected chi connectivity index (χ1v) is 6.38. The van der Waals surface area contributed by atoms with Gasteiger partial charge in [-0.15, -0.1) is 0 Å². The molecule has 1 N–H and O–H groups in total. The fourth-order valence-corrected chi connectivity index (χ4v) is 1.79. The van der Waals surface area contributed by atoms with Gasteiger partial charge >= 0.3 is 0 Å². The Balaban J connectivity index is 3.22. The van der Waals surface area contributed by atoms with Gasteiger partial charge in [0.2, 0.25) is 0 Å². The van der Waals surface area contributed by atoms with E-state index in [1.165, 1.54) is 0 Å². The van der Waals surface area contributed by atoms with Crippen molar-refractivity contribution in [2.24, 2.45) is 0 Å². The van der Waals surface area contributed by atoms with Crippen LogP contribution in [0.4, 0.5) is 5.69 Å². The zero-order valence-electron chi connectivity index (χ0n) is 10.1. The van der Waals surface area contributed by atoms with E-state index in [1.54, 1.807) is 30.3 Å². The van der Waals surface area contributed by atoms with Gasteiger partial charge < -0.3 is 10.1 Å². The quantitative estimate of drug-likeness (QED) is 0.655. The van der Waals surface area contributed by atoms with Gasteiger partial charge in [-0.3, -0.25) is 0 Å². The number of nitrogens with zero attached hydrogens (tertiary/aromatic N) is 3. The van der Waals surface area contributed by atoms with Crippen LogP contribution in [0.1, 0.15) is 6.92 Å². The summed E-state index contributed by atoms with van der Waals surface area (Å²) in [5.74, 6) is 0.561. The van der Waals surface area contributed by atoms with E-state index in [1.807, 2.05) is 13.0 Å². The molecule has 94 valence electrons. The van der Waals surface area contributed by atoms with Crippen molar-refractivity contribution >= 4 is 28.3 Å². The van der Waals surface area contributed by atoms with Gasteiger partial charge in [-0.25, -0.2) is 0 Å². The molecule has 0 aromatic heterocycles. The van der Waals surface area contributed by atoms with E-state index in [0.717, 1.165) is 3.57 Å². The van der Waals surface area contributed by atoms with Gasteiger partial charge in [-0.05, 0) is 47.7 Å². The predicted molar refractivity (Wildman–Crippen MR) is 77.8 cm³/mol. The molecule has 1 aromatic carbocycles. The summed E-state index contributed by atoms with van der Waals surface area (Å²) >= 11 is 2.12. The van der Waals surface area contributed by atoms with Crippen molar-refractivity contribution in [3.63, 3.8) is 0 Å². The average Bonchev–Trinajstić information content (AvgIpc) is 2.42. The van der Waals surface area contributed by atoms with E-state index in [9.17, 15) is 0 Å². The monoisotopic (exact) mass is 364 g/mol. The molecule has 0 spiro atoms. The van der Waals surface area contributed by atoms with Crippen LogP contribution in [0.25, 0.3) is 0 Å². The van der Waals surface area contributed by atoms with Crippen LogP contribution >= 0.6 is 22.6 Å². The summed E-state index contributed by atoms with van der Waals surface area (Å²) in [6.07, 6.45) is 0. The Kier molecular flexibility index (Phi) is 5.66. The lowest BCUT2D eigenvalue weighted by Gasteiger charge is -2.12. The van der Waals surface area contributed by atoms with Crippen LogP contribution in [0.15, 0.2) is 29.5 Å². The minimum Gasteiger partial charge on any atom is -0.492 e. The van der Waals surface area contributed by atoms with E-state index in [2.05, 4.69) is 27.9 Å². The number of hydrogen-bond donors (Lipinski definition) is 1. The topological polar surface area (TPSA) is 92.6 Å². The maximum atomic E-state index is 8.99. The Bertz CT molecular complexity index is 616. The molecule has 0 aliphatic carbocycles. The van der Waals surface area contributed by atoms with E-state index in [-0.39, 0.29) is 11.3 Å². The lowest BCUT2D eigenvalue weighted by Crippen LogP contribution is -2.04. The number of hydrogen-bond acceptors (Lipinski definition) is 5. The Labute approximate surface area is 124 Å². The zero-order valence-corrected chi connectivity index (χ0v) is 12.2. The fraction of sp³-hybridized carbons (Fsp3) is 0.154. The molecular formula is C13H9IN4O. The van der Waals surface area contributed by atoms with Gasteiger partial charge in [0, 0.05) is 3.57 Å². The molecule has 0 aliphatic rings. The molecule has 0 unspecified atom stereocenters. The number of rotatable bonds is 4. The molecule has 0 radical (unpaired) electrons. The van der Waals surface area contributed by atoms with E-state index >= 15 is 0 Å². The molecule has 0 saturated heterocycles. The van der Waals surface area contributed by atoms with E-state index in [4.69, 9.17) is 20.5 Å². The molecule has 0 saturated carbocycles. The van der Waals surface area contributed by atoms with Gasteiger partial charge in [0.25, 0.3) is 0 Å². The fourth-order valence-electron chi connectivity index (χ4n) is 1.30. The molecule has 0 atom stereocenters. The van der Waals surface area contributed by atoms with Crippen molar-refractivity contribution in [2.45, 2.75) is 6.92 Å². The summed E-state index contributed by atoms with van der Waals surface area (Å²) in [5, 5.41) is 29.3. The van der Waals surface area contributed by atoms with Gasteiger partial charge in [0.05, 0.1) is 12.3 Å². The predicted octanol–water partition coefficient (Wildman–Crippen LogP) is 2.93. The SMILES string of the molecule is CCOc1ccc(I)cc1NC(C#N)=C(C#N)C#N. The first-order chi connectivity index (χ1) is 9.15. The molecular weight excluding hydrogens is 355 g/mol. The number of allylic oxidation sites excluding steroid dienone is 2. The summed E-state index contributed by atoms with van der Waals surface area (Å²) < 4.78 is 6.36. The van der Waals surface area contributed by atoms with Gasteiger partial charge in [-0.2, -0.15) is 15.8 Å². The minimum atomic E-state index is -0.260. The standard InChI is InChI=1S/C13H9IN4O/c1-2-19-13-4-3-10(14)5-11(13)18-12(8-17)9(6-15)7-16/h3-5,18H,2H2,1H3. The third-order valence-corrected chi connectivity index (χ3v) is 2.76. The minimum absolute atomic E-state index is 0.0899. The zero-order chi connectivity index (χ0) is 14.3. The first kappa shape index (κ1) is 14.8. The van der Waals surface area contributed by atoms with E-state index < -0.39 is 0 Å². The molecule has 5 nitrogen and oxygen atoms in total. The van der Waals surface area contributed by atoms with Crippen LogP contribution in [0.5, 0.6) is 5.75 Å². The highest BCUT2D eigenvalue weighted by Gasteiger charge is 2.10. The van der Waals surface area contributed by atoms with Crippen molar-refractivity contribution < 1.29 is 4.74 Å². The normalized spacial score (nSPS) is 8.58. The number of benzene rings is 1. The lowest BCUT2D eigenvalue weighted by atomic mass is 10.2. The smallest absolute Gasteiger partial charge is 0.163 e. The Morgan fingerprint density at radius 3 is 2.47 bits per heavy atom. The molecule has 0 amide bonds. The van der Waals surface area contributed by atoms with Gasteiger partial charge in [0.15, 0.2) is 5.57 Å². The first-order valence-electron chi connectivity index (χ1n) is 5.30. The summed E-state index contributed by atoms with van der Waals surface area (Å²) in [6.45, 7) is 2.32. The molecule has 1 aromatic rings. The summed E-state index contributed by atoms with van der Waals surface area (Å²) in [6, 6.07) is 10.6. The number of nitriles is 3. The molecule has 0 aliphatic heterocycles. The van der Waals surface area contributed by atoms with Crippen LogP contribution in [0.3, 0.4) is 0 Å². The number of ether oxygens (including phenoxy) is 1. The molecule has 0 fully saturated rings. The highest BCUT2D eigenvalue weighted by Crippen LogP contribution is 2.28. The second kappa shape index (κ2) is 7.25. The summed E-state index contributed by atoms with van der Waals surface area (Å²) in [4.78, 5) is 0. The van der Waals surface area contributed by atoms with Crippen LogP contribution < -0.4 is 10.1 Å². The third-order valence-electron chi connectivity index (χ3n) is 2.09. The van der Waals surface area contributed by atoms with Crippen LogP contribution in [-0.2, 0) is 0 Å². The van der Waals surface area contributed by atoms with Crippen molar-refractivity contribution in [1.82, 2.24) is 0 Å². The van der Waals surface area contributed by atoms with E-state index in [0.29, 0.717) is 18.0 Å². The Morgan fingerprint density at radius 2 is 1.95 bits per heavy atom. The van der Waals surface area contributed by atoms with Crippen molar-refractivity contribution in [3.05, 3.63) is 33.0 Å². The maximum absolute atomic E-state index is 8.99. The van der Waals surface area contributed by atoms with Crippen LogP contribution in [0.2, 0.25) is 0 Å². The number of halogens is 1. The molecule has 0 bridgehead atoms. The third kappa shape index (κ3) is 3.87.